The molecule has 2 aromatic carbocycles. The first-order valence-electron chi connectivity index (χ1n) is 16.8. The molecule has 0 aromatic heterocycles. The second-order valence-electron chi connectivity index (χ2n) is 13.7. The Morgan fingerprint density at radius 2 is 1.31 bits per heavy atom. The number of benzene rings is 2. The first kappa shape index (κ1) is 37.8. The summed E-state index contributed by atoms with van der Waals surface area (Å²) in [6.45, 7) is 0.317. The SMILES string of the molecule is C.C.O=C1CC[C@@H](C2CCC(F)(F)CC2)N1[C@@H](CO)c1ccccc1.O=C1CC[C@]2(C3CCC(F)(F)CC3)OC[C@@H](c3ccccc3)N12. The van der Waals surface area contributed by atoms with Gasteiger partial charge in [0.05, 0.1) is 25.3 Å². The van der Waals surface area contributed by atoms with E-state index in [9.17, 15) is 32.3 Å². The van der Waals surface area contributed by atoms with Crippen LogP contribution in [0.2, 0.25) is 0 Å². The fraction of sp³-hybridized carbons (Fsp3) is 0.632. The molecule has 1 N–H and O–H groups in total. The van der Waals surface area contributed by atoms with Gasteiger partial charge in [0.25, 0.3) is 0 Å². The van der Waals surface area contributed by atoms with E-state index in [-0.39, 0.29) is 88.9 Å². The maximum Gasteiger partial charge on any atom is 0.248 e. The van der Waals surface area contributed by atoms with Crippen molar-refractivity contribution < 1.29 is 37.0 Å². The molecule has 48 heavy (non-hydrogen) atoms. The molecule has 2 saturated carbocycles. The standard InChI is InChI=1S/C18H21F2NO2.C18H23F2NO2.2CH4/c19-17(20)9-6-14(7-10-17)18-11-8-16(22)21(18)15(12-23-18)13-4-2-1-3-5-13;19-18(20)10-8-14(9-11-18)15-6-7-17(23)21(15)16(12-22)13-4-2-1-3-5-13;;/h1-5,14-15H,6-12H2;1-5,14-16,22H,6-12H2;2*1H4/t15-,18+;15-,16-;;/m00../s1. The molecule has 2 aliphatic carbocycles. The van der Waals surface area contributed by atoms with Crippen molar-refractivity contribution in [2.75, 3.05) is 13.2 Å². The molecule has 3 saturated heterocycles. The van der Waals surface area contributed by atoms with Gasteiger partial charge >= 0.3 is 0 Å². The predicted molar refractivity (Wildman–Crippen MR) is 177 cm³/mol. The van der Waals surface area contributed by atoms with Gasteiger partial charge in [-0.2, -0.15) is 0 Å². The van der Waals surface area contributed by atoms with Gasteiger partial charge in [-0.3, -0.25) is 9.59 Å². The summed E-state index contributed by atoms with van der Waals surface area (Å²) in [7, 11) is 0. The van der Waals surface area contributed by atoms with Crippen LogP contribution < -0.4 is 0 Å². The third-order valence-corrected chi connectivity index (χ3v) is 11.0. The average molecular weight is 677 g/mol. The second-order valence-corrected chi connectivity index (χ2v) is 13.7. The molecule has 4 atom stereocenters. The van der Waals surface area contributed by atoms with E-state index in [1.54, 1.807) is 4.90 Å². The maximum absolute atomic E-state index is 13.5. The van der Waals surface area contributed by atoms with Crippen LogP contribution in [0.1, 0.15) is 115 Å². The summed E-state index contributed by atoms with van der Waals surface area (Å²) in [5.41, 5.74) is 1.30. The van der Waals surface area contributed by atoms with Crippen molar-refractivity contribution in [2.45, 2.75) is 128 Å². The summed E-state index contributed by atoms with van der Waals surface area (Å²) in [6.07, 6.45) is 3.62. The third kappa shape index (κ3) is 7.59. The quantitative estimate of drug-likeness (QED) is 0.311. The van der Waals surface area contributed by atoms with Gasteiger partial charge in [-0.25, -0.2) is 17.6 Å². The normalized spacial score (nSPS) is 28.9. The fourth-order valence-electron chi connectivity index (χ4n) is 8.61. The molecule has 3 aliphatic heterocycles. The Labute approximate surface area is 282 Å². The molecule has 5 fully saturated rings. The molecule has 0 unspecified atom stereocenters. The zero-order valence-electron chi connectivity index (χ0n) is 26.1. The van der Waals surface area contributed by atoms with Crippen LogP contribution in [0, 0.1) is 11.8 Å². The molecule has 0 spiro atoms. The Bertz CT molecular complexity index is 1310. The van der Waals surface area contributed by atoms with Crippen LogP contribution in [0.15, 0.2) is 60.7 Å². The van der Waals surface area contributed by atoms with Crippen LogP contribution in [0.5, 0.6) is 0 Å². The molecule has 6 nitrogen and oxygen atoms in total. The van der Waals surface area contributed by atoms with Crippen molar-refractivity contribution in [3.63, 3.8) is 0 Å². The number of fused-ring (bicyclic) bond motifs is 1. The lowest BCUT2D eigenvalue weighted by Crippen LogP contribution is -2.50. The molecule has 0 bridgehead atoms. The minimum Gasteiger partial charge on any atom is -0.394 e. The average Bonchev–Trinajstić information content (AvgIpc) is 3.73. The van der Waals surface area contributed by atoms with Gasteiger partial charge < -0.3 is 19.6 Å². The van der Waals surface area contributed by atoms with E-state index in [0.29, 0.717) is 58.0 Å². The summed E-state index contributed by atoms with van der Waals surface area (Å²) in [5.74, 6) is -4.87. The van der Waals surface area contributed by atoms with Crippen LogP contribution in [0.3, 0.4) is 0 Å². The predicted octanol–water partition coefficient (Wildman–Crippen LogP) is 8.71. The van der Waals surface area contributed by atoms with Gasteiger partial charge in [0.15, 0.2) is 0 Å². The van der Waals surface area contributed by atoms with E-state index in [1.165, 1.54) is 0 Å². The third-order valence-electron chi connectivity index (χ3n) is 11.0. The fourth-order valence-corrected chi connectivity index (χ4v) is 8.61. The van der Waals surface area contributed by atoms with Crippen molar-refractivity contribution in [3.8, 4) is 0 Å². The van der Waals surface area contributed by atoms with Gasteiger partial charge in [-0.1, -0.05) is 75.5 Å². The lowest BCUT2D eigenvalue weighted by Gasteiger charge is -2.42. The second kappa shape index (κ2) is 15.3. The van der Waals surface area contributed by atoms with Crippen LogP contribution in [-0.4, -0.2) is 63.5 Å². The van der Waals surface area contributed by atoms with Gasteiger partial charge in [-0.05, 0) is 49.1 Å². The van der Waals surface area contributed by atoms with Crippen molar-refractivity contribution in [1.29, 1.82) is 0 Å². The monoisotopic (exact) mass is 676 g/mol. The molecular formula is C38H52F4N2O4. The first-order valence-corrected chi connectivity index (χ1v) is 16.8. The summed E-state index contributed by atoms with van der Waals surface area (Å²) in [4.78, 5) is 28.5. The van der Waals surface area contributed by atoms with E-state index in [1.807, 2.05) is 65.6 Å². The number of likely N-dealkylation sites (tertiary alicyclic amines) is 1. The Morgan fingerprint density at radius 3 is 1.90 bits per heavy atom. The number of hydrogen-bond acceptors (Lipinski definition) is 4. The summed E-state index contributed by atoms with van der Waals surface area (Å²) in [5, 5.41) is 9.84. The number of alkyl halides is 4. The minimum absolute atomic E-state index is 0. The highest BCUT2D eigenvalue weighted by atomic mass is 19.3. The van der Waals surface area contributed by atoms with Gasteiger partial charge in [0.1, 0.15) is 5.72 Å². The number of aliphatic hydroxyl groups excluding tert-OH is 1. The molecule has 10 heteroatoms. The highest BCUT2D eigenvalue weighted by molar-refractivity contribution is 5.80. The van der Waals surface area contributed by atoms with Gasteiger partial charge in [0.2, 0.25) is 23.7 Å². The van der Waals surface area contributed by atoms with Crippen LogP contribution in [-0.2, 0) is 14.3 Å². The Hall–Kier alpha value is -2.98. The molecule has 3 heterocycles. The number of halogens is 4. The van der Waals surface area contributed by atoms with Crippen molar-refractivity contribution >= 4 is 11.8 Å². The number of carbonyl (C=O) groups excluding carboxylic acids is 2. The van der Waals surface area contributed by atoms with E-state index in [0.717, 1.165) is 11.1 Å². The minimum atomic E-state index is -2.56. The van der Waals surface area contributed by atoms with Crippen molar-refractivity contribution in [3.05, 3.63) is 71.8 Å². The van der Waals surface area contributed by atoms with E-state index < -0.39 is 17.6 Å². The van der Waals surface area contributed by atoms with Crippen LogP contribution in [0.25, 0.3) is 0 Å². The number of rotatable bonds is 6. The number of aliphatic hydroxyl groups is 1. The lowest BCUT2D eigenvalue weighted by molar-refractivity contribution is -0.158. The largest absolute Gasteiger partial charge is 0.394 e. The molecule has 2 amide bonds. The summed E-state index contributed by atoms with van der Waals surface area (Å²) < 4.78 is 60.0. The summed E-state index contributed by atoms with van der Waals surface area (Å²) >= 11 is 0. The highest BCUT2D eigenvalue weighted by Crippen LogP contribution is 2.53. The topological polar surface area (TPSA) is 70.1 Å². The van der Waals surface area contributed by atoms with Gasteiger partial charge in [-0.15, -0.1) is 0 Å². The molecule has 0 radical (unpaired) electrons. The smallest absolute Gasteiger partial charge is 0.248 e. The molecule has 5 aliphatic rings. The van der Waals surface area contributed by atoms with Crippen molar-refractivity contribution in [1.82, 2.24) is 9.80 Å². The number of amides is 2. The van der Waals surface area contributed by atoms with Crippen molar-refractivity contribution in [2.24, 2.45) is 11.8 Å². The summed E-state index contributed by atoms with van der Waals surface area (Å²) in [6, 6.07) is 18.8. The van der Waals surface area contributed by atoms with Crippen LogP contribution >= 0.6 is 0 Å². The Morgan fingerprint density at radius 1 is 0.750 bits per heavy atom. The molecule has 266 valence electrons. The van der Waals surface area contributed by atoms with E-state index in [2.05, 4.69) is 0 Å². The molecule has 2 aromatic rings. The maximum atomic E-state index is 13.5. The van der Waals surface area contributed by atoms with Crippen LogP contribution in [0.4, 0.5) is 17.6 Å². The number of carbonyl (C=O) groups is 2. The number of ether oxygens (including phenoxy) is 1. The first-order chi connectivity index (χ1) is 22.0. The van der Waals surface area contributed by atoms with Gasteiger partial charge in [0, 0.05) is 56.9 Å². The lowest BCUT2D eigenvalue weighted by atomic mass is 9.78. The van der Waals surface area contributed by atoms with E-state index in [4.69, 9.17) is 4.74 Å². The number of nitrogens with zero attached hydrogens (tertiary/aromatic N) is 2. The van der Waals surface area contributed by atoms with E-state index >= 15 is 0 Å². The number of hydrogen-bond donors (Lipinski definition) is 1. The highest BCUT2D eigenvalue weighted by Gasteiger charge is 2.59. The zero-order valence-corrected chi connectivity index (χ0v) is 26.1. The molecule has 7 rings (SSSR count). The Kier molecular flexibility index (Phi) is 12.0. The molecular weight excluding hydrogens is 624 g/mol. The Balaban J connectivity index is 0.000000208. The zero-order chi connectivity index (χ0) is 32.5.